The van der Waals surface area contributed by atoms with E-state index in [0.717, 1.165) is 0 Å². The van der Waals surface area contributed by atoms with E-state index in [1.54, 1.807) is 0 Å². The topological polar surface area (TPSA) is 37.3 Å². The van der Waals surface area contributed by atoms with Gasteiger partial charge < -0.3 is 5.11 Å². The molecule has 0 aliphatic carbocycles. The number of benzene rings is 2. The second kappa shape index (κ2) is 6.18. The van der Waals surface area contributed by atoms with E-state index in [0.29, 0.717) is 17.7 Å². The maximum Gasteiger partial charge on any atom is 0.416 e. The number of halogens is 6. The highest BCUT2D eigenvalue weighted by Gasteiger charge is 2.36. The first kappa shape index (κ1) is 17.8. The van der Waals surface area contributed by atoms with Gasteiger partial charge in [0.1, 0.15) is 0 Å². The Morgan fingerprint density at radius 3 is 1.62 bits per heavy atom. The Morgan fingerprint density at radius 1 is 0.792 bits per heavy atom. The molecule has 0 saturated heterocycles. The van der Waals surface area contributed by atoms with Gasteiger partial charge in [0.2, 0.25) is 0 Å². The van der Waals surface area contributed by atoms with Crippen LogP contribution < -0.4 is 0 Å². The summed E-state index contributed by atoms with van der Waals surface area (Å²) >= 11 is 0. The normalized spacial score (nSPS) is 12.2. The SMILES string of the molecule is O=C(O)Cc1ccc(-c2cc(C(F)(F)F)cc(C(F)(F)F)c2)cc1. The van der Waals surface area contributed by atoms with E-state index in [1.165, 1.54) is 24.3 Å². The molecule has 2 aromatic rings. The van der Waals surface area contributed by atoms with Gasteiger partial charge in [0.15, 0.2) is 0 Å². The summed E-state index contributed by atoms with van der Waals surface area (Å²) < 4.78 is 77.0. The van der Waals surface area contributed by atoms with E-state index in [-0.39, 0.29) is 23.6 Å². The average Bonchev–Trinajstić information content (AvgIpc) is 2.45. The van der Waals surface area contributed by atoms with Crippen molar-refractivity contribution in [3.8, 4) is 11.1 Å². The van der Waals surface area contributed by atoms with Crippen LogP contribution in [0.5, 0.6) is 0 Å². The fourth-order valence-electron chi connectivity index (χ4n) is 2.11. The van der Waals surface area contributed by atoms with Gasteiger partial charge in [-0.25, -0.2) is 0 Å². The first-order valence-corrected chi connectivity index (χ1v) is 6.57. The average molecular weight is 348 g/mol. The number of hydrogen-bond acceptors (Lipinski definition) is 1. The summed E-state index contributed by atoms with van der Waals surface area (Å²) in [5, 5.41) is 8.66. The number of aliphatic carboxylic acids is 1. The molecule has 0 radical (unpaired) electrons. The molecule has 128 valence electrons. The maximum atomic E-state index is 12.8. The molecule has 24 heavy (non-hydrogen) atoms. The third kappa shape index (κ3) is 4.27. The minimum Gasteiger partial charge on any atom is -0.481 e. The van der Waals surface area contributed by atoms with Crippen molar-refractivity contribution in [1.29, 1.82) is 0 Å². The third-order valence-corrected chi connectivity index (χ3v) is 3.23. The Labute approximate surface area is 132 Å². The minimum atomic E-state index is -4.92. The molecule has 0 aliphatic heterocycles. The summed E-state index contributed by atoms with van der Waals surface area (Å²) in [6.45, 7) is 0. The lowest BCUT2D eigenvalue weighted by atomic mass is 9.98. The van der Waals surface area contributed by atoms with Crippen LogP contribution in [-0.4, -0.2) is 11.1 Å². The van der Waals surface area contributed by atoms with Crippen molar-refractivity contribution in [2.75, 3.05) is 0 Å². The Balaban J connectivity index is 2.51. The van der Waals surface area contributed by atoms with Crippen LogP contribution in [0.25, 0.3) is 11.1 Å². The van der Waals surface area contributed by atoms with Gasteiger partial charge in [0.25, 0.3) is 0 Å². The minimum absolute atomic E-state index is 0.0578. The molecule has 0 bridgehead atoms. The van der Waals surface area contributed by atoms with Gasteiger partial charge in [0, 0.05) is 0 Å². The highest BCUT2D eigenvalue weighted by atomic mass is 19.4. The standard InChI is InChI=1S/C16H10F6O2/c17-15(18,19)12-6-11(7-13(8-12)16(20,21)22)10-3-1-9(2-4-10)5-14(23)24/h1-4,6-8H,5H2,(H,23,24). The predicted octanol–water partition coefficient (Wildman–Crippen LogP) is 5.02. The molecule has 0 amide bonds. The largest absolute Gasteiger partial charge is 0.481 e. The summed E-state index contributed by atoms with van der Waals surface area (Å²) in [6, 6.07) is 6.57. The predicted molar refractivity (Wildman–Crippen MR) is 73.2 cm³/mol. The van der Waals surface area contributed by atoms with E-state index in [9.17, 15) is 31.1 Å². The van der Waals surface area contributed by atoms with Crippen molar-refractivity contribution in [2.45, 2.75) is 18.8 Å². The van der Waals surface area contributed by atoms with Crippen molar-refractivity contribution in [1.82, 2.24) is 0 Å². The zero-order chi connectivity index (χ0) is 18.1. The van der Waals surface area contributed by atoms with Crippen LogP contribution in [0.3, 0.4) is 0 Å². The Kier molecular flexibility index (Phi) is 4.59. The molecule has 0 unspecified atom stereocenters. The summed E-state index contributed by atoms with van der Waals surface area (Å²) in [5.74, 6) is -1.10. The molecule has 0 spiro atoms. The summed E-state index contributed by atoms with van der Waals surface area (Å²) in [6.07, 6.45) is -10.1. The van der Waals surface area contributed by atoms with Gasteiger partial charge in [-0.1, -0.05) is 24.3 Å². The van der Waals surface area contributed by atoms with Crippen LogP contribution in [0.15, 0.2) is 42.5 Å². The molecular weight excluding hydrogens is 338 g/mol. The van der Waals surface area contributed by atoms with Crippen LogP contribution in [0.1, 0.15) is 16.7 Å². The maximum absolute atomic E-state index is 12.8. The van der Waals surface area contributed by atoms with Crippen molar-refractivity contribution in [3.63, 3.8) is 0 Å². The number of carboxylic acids is 1. The Morgan fingerprint density at radius 2 is 1.25 bits per heavy atom. The van der Waals surface area contributed by atoms with Crippen LogP contribution in [0.2, 0.25) is 0 Å². The summed E-state index contributed by atoms with van der Waals surface area (Å²) in [7, 11) is 0. The quantitative estimate of drug-likeness (QED) is 0.791. The molecule has 0 saturated carbocycles. The van der Waals surface area contributed by atoms with Crippen LogP contribution in [0, 0.1) is 0 Å². The molecule has 0 aromatic heterocycles. The number of carboxylic acid groups (broad SMARTS) is 1. The second-order valence-corrected chi connectivity index (χ2v) is 5.06. The van der Waals surface area contributed by atoms with Gasteiger partial charge in [-0.2, -0.15) is 26.3 Å². The highest BCUT2D eigenvalue weighted by Crippen LogP contribution is 2.38. The lowest BCUT2D eigenvalue weighted by Gasteiger charge is -2.14. The molecule has 1 N–H and O–H groups in total. The van der Waals surface area contributed by atoms with Gasteiger partial charge in [-0.3, -0.25) is 4.79 Å². The van der Waals surface area contributed by atoms with Crippen LogP contribution >= 0.6 is 0 Å². The number of hydrogen-bond donors (Lipinski definition) is 1. The summed E-state index contributed by atoms with van der Waals surface area (Å²) in [4.78, 5) is 10.6. The zero-order valence-electron chi connectivity index (χ0n) is 11.9. The Bertz CT molecular complexity index is 712. The fourth-order valence-corrected chi connectivity index (χ4v) is 2.11. The van der Waals surface area contributed by atoms with Crippen molar-refractivity contribution >= 4 is 5.97 Å². The molecule has 0 heterocycles. The van der Waals surface area contributed by atoms with Crippen LogP contribution in [-0.2, 0) is 23.6 Å². The second-order valence-electron chi connectivity index (χ2n) is 5.06. The van der Waals surface area contributed by atoms with E-state index < -0.39 is 29.4 Å². The van der Waals surface area contributed by atoms with Crippen molar-refractivity contribution < 1.29 is 36.2 Å². The van der Waals surface area contributed by atoms with E-state index in [4.69, 9.17) is 5.11 Å². The van der Waals surface area contributed by atoms with E-state index in [2.05, 4.69) is 0 Å². The third-order valence-electron chi connectivity index (χ3n) is 3.23. The monoisotopic (exact) mass is 348 g/mol. The van der Waals surface area contributed by atoms with Gasteiger partial charge in [-0.05, 0) is 34.9 Å². The number of carbonyl (C=O) groups is 1. The van der Waals surface area contributed by atoms with Gasteiger partial charge >= 0.3 is 18.3 Å². The molecule has 2 nitrogen and oxygen atoms in total. The number of rotatable bonds is 3. The number of alkyl halides is 6. The molecular formula is C16H10F6O2. The lowest BCUT2D eigenvalue weighted by Crippen LogP contribution is -2.11. The first-order chi connectivity index (χ1) is 11.0. The van der Waals surface area contributed by atoms with Crippen molar-refractivity contribution in [2.24, 2.45) is 0 Å². The molecule has 2 rings (SSSR count). The molecule has 8 heteroatoms. The Hall–Kier alpha value is -2.51. The highest BCUT2D eigenvalue weighted by molar-refractivity contribution is 5.71. The van der Waals surface area contributed by atoms with Gasteiger partial charge in [0.05, 0.1) is 17.5 Å². The van der Waals surface area contributed by atoms with Crippen LogP contribution in [0.4, 0.5) is 26.3 Å². The first-order valence-electron chi connectivity index (χ1n) is 6.57. The molecule has 2 aromatic carbocycles. The van der Waals surface area contributed by atoms with Gasteiger partial charge in [-0.15, -0.1) is 0 Å². The molecule has 0 atom stereocenters. The lowest BCUT2D eigenvalue weighted by molar-refractivity contribution is -0.143. The zero-order valence-corrected chi connectivity index (χ0v) is 11.9. The van der Waals surface area contributed by atoms with E-state index in [1.807, 2.05) is 0 Å². The molecule has 0 aliphatic rings. The molecule has 0 fully saturated rings. The summed E-state index contributed by atoms with van der Waals surface area (Å²) in [5.41, 5.74) is -2.54. The smallest absolute Gasteiger partial charge is 0.416 e. The van der Waals surface area contributed by atoms with Crippen molar-refractivity contribution in [3.05, 3.63) is 59.2 Å². The van der Waals surface area contributed by atoms with E-state index >= 15 is 0 Å². The fraction of sp³-hybridized carbons (Fsp3) is 0.188.